The van der Waals surface area contributed by atoms with Gasteiger partial charge in [0.05, 0.1) is 16.3 Å². The van der Waals surface area contributed by atoms with Crippen molar-refractivity contribution in [1.29, 1.82) is 0 Å². The third kappa shape index (κ3) is 5.33. The zero-order valence-corrected chi connectivity index (χ0v) is 18.7. The summed E-state index contributed by atoms with van der Waals surface area (Å²) in [6.07, 6.45) is -0.896. The third-order valence-electron chi connectivity index (χ3n) is 5.14. The monoisotopic (exact) mass is 457 g/mol. The van der Waals surface area contributed by atoms with E-state index in [0.717, 1.165) is 31.4 Å². The summed E-state index contributed by atoms with van der Waals surface area (Å²) >= 11 is 1.13. The first-order chi connectivity index (χ1) is 14.3. The quantitative estimate of drug-likeness (QED) is 0.615. The van der Waals surface area contributed by atoms with Gasteiger partial charge in [0.15, 0.2) is 5.13 Å². The largest absolute Gasteiger partial charge is 0.399 e. The van der Waals surface area contributed by atoms with E-state index in [1.54, 1.807) is 13.8 Å². The van der Waals surface area contributed by atoms with E-state index >= 15 is 0 Å². The third-order valence-corrected chi connectivity index (χ3v) is 6.35. The molecule has 1 aromatic rings. The summed E-state index contributed by atoms with van der Waals surface area (Å²) in [4.78, 5) is 34.1. The molecule has 170 valence electrons. The Morgan fingerprint density at radius 3 is 2.58 bits per heavy atom. The van der Waals surface area contributed by atoms with Crippen molar-refractivity contribution in [2.45, 2.75) is 52.8 Å². The Kier molecular flexibility index (Phi) is 7.30. The highest BCUT2D eigenvalue weighted by atomic mass is 32.1. The number of nitrogens with two attached hydrogens (primary N) is 1. The molecule has 1 saturated heterocycles. The Balaban J connectivity index is 2.28. The minimum absolute atomic E-state index is 0.188. The first-order valence-corrected chi connectivity index (χ1v) is 10.4. The van der Waals surface area contributed by atoms with Crippen molar-refractivity contribution >= 4 is 39.7 Å². The fourth-order valence-electron chi connectivity index (χ4n) is 3.18. The van der Waals surface area contributed by atoms with Gasteiger partial charge in [0.2, 0.25) is 5.91 Å². The van der Waals surface area contributed by atoms with Gasteiger partial charge < -0.3 is 10.6 Å². The first-order valence-electron chi connectivity index (χ1n) is 9.58. The Morgan fingerprint density at radius 1 is 1.39 bits per heavy atom. The number of thiazole rings is 1. The number of hydrogen-bond donors (Lipinski definition) is 2. The molecule has 1 aliphatic rings. The summed E-state index contributed by atoms with van der Waals surface area (Å²) in [7, 11) is 0. The van der Waals surface area contributed by atoms with Crippen LogP contribution in [0.15, 0.2) is 23.8 Å². The lowest BCUT2D eigenvalue weighted by Gasteiger charge is -2.28. The van der Waals surface area contributed by atoms with Gasteiger partial charge in [-0.2, -0.15) is 13.2 Å². The molecule has 0 saturated carbocycles. The number of aryl methyl sites for hydroxylation is 1. The molecule has 11 heteroatoms. The maximum atomic E-state index is 13.5. The van der Waals surface area contributed by atoms with E-state index in [1.165, 1.54) is 11.0 Å². The second kappa shape index (κ2) is 9.21. The zero-order valence-electron chi connectivity index (χ0n) is 17.8. The Labute approximate surface area is 182 Å². The molecular formula is C20H26F3N5O2S. The number of primary amides is 1. The van der Waals surface area contributed by atoms with Gasteiger partial charge in [-0.1, -0.05) is 17.9 Å². The summed E-state index contributed by atoms with van der Waals surface area (Å²) < 4.78 is 40.5. The summed E-state index contributed by atoms with van der Waals surface area (Å²) in [5.41, 5.74) is 4.04. The average molecular weight is 458 g/mol. The summed E-state index contributed by atoms with van der Waals surface area (Å²) in [6.45, 7) is 9.26. The summed E-state index contributed by atoms with van der Waals surface area (Å²) in [5.74, 6) is -0.566. The number of rotatable bonds is 6. The van der Waals surface area contributed by atoms with Crippen LogP contribution in [0.1, 0.15) is 44.2 Å². The zero-order chi connectivity index (χ0) is 23.6. The second-order valence-electron chi connectivity index (χ2n) is 7.76. The number of hydrogen-bond acceptors (Lipinski definition) is 5. The maximum absolute atomic E-state index is 13.5. The molecule has 1 atom stereocenters. The van der Waals surface area contributed by atoms with Gasteiger partial charge in [0, 0.05) is 12.7 Å². The number of likely N-dealkylation sites (tertiary alicyclic amines) is 1. The van der Waals surface area contributed by atoms with Crippen LogP contribution in [-0.4, -0.2) is 46.3 Å². The fourth-order valence-corrected chi connectivity index (χ4v) is 4.11. The highest BCUT2D eigenvalue weighted by molar-refractivity contribution is 7.17. The maximum Gasteiger partial charge on any atom is 0.399 e. The van der Waals surface area contributed by atoms with Crippen molar-refractivity contribution in [2.24, 2.45) is 16.1 Å². The summed E-state index contributed by atoms with van der Waals surface area (Å²) in [6, 6.07) is -1.15. The molecule has 3 N–H and O–H groups in total. The van der Waals surface area contributed by atoms with E-state index in [2.05, 4.69) is 21.9 Å². The smallest absolute Gasteiger partial charge is 0.368 e. The summed E-state index contributed by atoms with van der Waals surface area (Å²) in [5, 5.41) is 2.93. The number of allylic oxidation sites excluding steroid dienone is 2. The molecule has 1 aromatic heterocycles. The molecule has 2 heterocycles. The number of nitrogens with one attached hydrogen (secondary N) is 1. The van der Waals surface area contributed by atoms with Crippen molar-refractivity contribution < 1.29 is 22.8 Å². The van der Waals surface area contributed by atoms with E-state index in [9.17, 15) is 22.8 Å². The number of carbonyl (C=O) groups excluding carboxylic acids is 2. The minimum Gasteiger partial charge on any atom is -0.368 e. The van der Waals surface area contributed by atoms with E-state index in [-0.39, 0.29) is 10.8 Å². The normalized spacial score (nSPS) is 18.3. The number of halogens is 3. The number of aromatic nitrogens is 1. The van der Waals surface area contributed by atoms with Crippen molar-refractivity contribution in [2.75, 3.05) is 11.9 Å². The molecule has 0 aliphatic carbocycles. The lowest BCUT2D eigenvalue weighted by Crippen LogP contribution is -2.45. The Morgan fingerprint density at radius 2 is 2.03 bits per heavy atom. The van der Waals surface area contributed by atoms with Crippen LogP contribution < -0.4 is 11.1 Å². The minimum atomic E-state index is -4.50. The standard InChI is InChI=1S/C20H26F3N5O2S/c1-6-25-14(19(4,5)20(21,22)23)10-11(2)15-12(3)26-17(31-15)27-18(30)28-9-7-8-13(28)16(24)29/h6,10,13H,1,7-9H2,2-5H3,(H2,24,29)(H,26,27,30)/b11-10+,25-14?. The lowest BCUT2D eigenvalue weighted by molar-refractivity contribution is -0.185. The highest BCUT2D eigenvalue weighted by Gasteiger charge is 2.50. The van der Waals surface area contributed by atoms with Crippen LogP contribution in [0.4, 0.5) is 23.1 Å². The highest BCUT2D eigenvalue weighted by Crippen LogP contribution is 2.40. The van der Waals surface area contributed by atoms with Crippen LogP contribution >= 0.6 is 11.3 Å². The van der Waals surface area contributed by atoms with Gasteiger partial charge in [-0.3, -0.25) is 15.1 Å². The first kappa shape index (κ1) is 24.6. The predicted molar refractivity (Wildman–Crippen MR) is 116 cm³/mol. The molecule has 3 amide bonds. The van der Waals surface area contributed by atoms with Gasteiger partial charge in [0.25, 0.3) is 0 Å². The number of urea groups is 1. The van der Waals surface area contributed by atoms with Gasteiger partial charge in [0.1, 0.15) is 11.5 Å². The van der Waals surface area contributed by atoms with Crippen molar-refractivity contribution in [3.8, 4) is 0 Å². The number of carbonyl (C=O) groups is 2. The van der Waals surface area contributed by atoms with E-state index in [1.807, 2.05) is 0 Å². The lowest BCUT2D eigenvalue weighted by atomic mass is 9.85. The number of amides is 3. The molecule has 1 aliphatic heterocycles. The van der Waals surface area contributed by atoms with Gasteiger partial charge in [-0.15, -0.1) is 0 Å². The number of nitrogens with zero attached hydrogens (tertiary/aromatic N) is 3. The van der Waals surface area contributed by atoms with Crippen molar-refractivity contribution in [1.82, 2.24) is 9.88 Å². The molecule has 0 radical (unpaired) electrons. The number of alkyl halides is 3. The van der Waals surface area contributed by atoms with E-state index in [0.29, 0.717) is 35.5 Å². The van der Waals surface area contributed by atoms with Crippen LogP contribution in [0.3, 0.4) is 0 Å². The van der Waals surface area contributed by atoms with Gasteiger partial charge in [-0.05, 0) is 52.2 Å². The van der Waals surface area contributed by atoms with Crippen LogP contribution in [0, 0.1) is 12.3 Å². The molecular weight excluding hydrogens is 431 g/mol. The Hall–Kier alpha value is -2.69. The number of aliphatic imine (C=N–C) groups is 1. The van der Waals surface area contributed by atoms with Gasteiger partial charge >= 0.3 is 12.2 Å². The molecule has 7 nitrogen and oxygen atoms in total. The molecule has 1 fully saturated rings. The Bertz CT molecular complexity index is 934. The molecule has 31 heavy (non-hydrogen) atoms. The topological polar surface area (TPSA) is 101 Å². The molecule has 1 unspecified atom stereocenters. The fraction of sp³-hybridized carbons (Fsp3) is 0.500. The van der Waals surface area contributed by atoms with Gasteiger partial charge in [-0.25, -0.2) is 9.78 Å². The molecule has 0 aromatic carbocycles. The predicted octanol–water partition coefficient (Wildman–Crippen LogP) is 4.51. The van der Waals surface area contributed by atoms with Crippen LogP contribution in [0.2, 0.25) is 0 Å². The van der Waals surface area contributed by atoms with Crippen LogP contribution in [-0.2, 0) is 4.79 Å². The SMILES string of the molecule is C=CN=C(/C=C(\C)c1sc(NC(=O)N2CCCC2C(N)=O)nc1C)C(C)(C)C(F)(F)F. The molecule has 0 spiro atoms. The number of anilines is 1. The second-order valence-corrected chi connectivity index (χ2v) is 8.76. The van der Waals surface area contributed by atoms with Crippen molar-refractivity contribution in [3.05, 3.63) is 29.4 Å². The van der Waals surface area contributed by atoms with E-state index in [4.69, 9.17) is 5.73 Å². The van der Waals surface area contributed by atoms with Crippen LogP contribution in [0.25, 0.3) is 5.57 Å². The molecule has 0 bridgehead atoms. The van der Waals surface area contributed by atoms with Crippen molar-refractivity contribution in [3.63, 3.8) is 0 Å². The average Bonchev–Trinajstić information content (AvgIpc) is 3.27. The van der Waals surface area contributed by atoms with Crippen LogP contribution in [0.5, 0.6) is 0 Å². The molecule has 2 rings (SSSR count). The van der Waals surface area contributed by atoms with E-state index < -0.39 is 29.6 Å².